The molecule has 0 saturated carbocycles. The first-order valence-electron chi connectivity index (χ1n) is 9.94. The number of hydrogen-bond acceptors (Lipinski definition) is 7. The van der Waals surface area contributed by atoms with Crippen molar-refractivity contribution in [2.24, 2.45) is 0 Å². The van der Waals surface area contributed by atoms with Crippen molar-refractivity contribution in [3.63, 3.8) is 0 Å². The fourth-order valence-electron chi connectivity index (χ4n) is 3.14. The highest BCUT2D eigenvalue weighted by Crippen LogP contribution is 2.23. The number of carbonyl (C=O) groups is 1. The number of imidazole rings is 1. The van der Waals surface area contributed by atoms with Crippen molar-refractivity contribution in [3.05, 3.63) is 84.6 Å². The summed E-state index contributed by atoms with van der Waals surface area (Å²) in [4.78, 5) is 20.4. The van der Waals surface area contributed by atoms with Crippen molar-refractivity contribution in [2.75, 3.05) is 5.75 Å². The normalized spacial score (nSPS) is 12.0. The van der Waals surface area contributed by atoms with E-state index in [1.165, 1.54) is 43.5 Å². The summed E-state index contributed by atoms with van der Waals surface area (Å²) in [5.74, 6) is -0.438. The maximum absolute atomic E-state index is 12.9. The molecule has 0 bridgehead atoms. The summed E-state index contributed by atoms with van der Waals surface area (Å²) in [7, 11) is -7.50. The number of rotatable bonds is 7. The number of aromatic nitrogens is 3. The smallest absolute Gasteiger partial charge is 0.253 e. The van der Waals surface area contributed by atoms with Crippen molar-refractivity contribution in [3.8, 4) is 0 Å². The predicted octanol–water partition coefficient (Wildman–Crippen LogP) is 2.29. The van der Waals surface area contributed by atoms with E-state index in [0.29, 0.717) is 11.3 Å². The number of nitrogens with zero attached hydrogens (tertiary/aromatic N) is 3. The lowest BCUT2D eigenvalue weighted by molar-refractivity contribution is 0.0950. The average Bonchev–Trinajstić information content (AvgIpc) is 3.31. The number of fused-ring (bicyclic) bond motifs is 1. The predicted molar refractivity (Wildman–Crippen MR) is 120 cm³/mol. The van der Waals surface area contributed by atoms with Crippen molar-refractivity contribution < 1.29 is 21.6 Å². The Morgan fingerprint density at radius 1 is 0.970 bits per heavy atom. The first kappa shape index (κ1) is 22.6. The summed E-state index contributed by atoms with van der Waals surface area (Å²) < 4.78 is 51.8. The van der Waals surface area contributed by atoms with Crippen LogP contribution < -0.4 is 5.32 Å². The van der Waals surface area contributed by atoms with Crippen LogP contribution in [0.2, 0.25) is 0 Å². The Hall–Kier alpha value is -3.57. The monoisotopic (exact) mass is 484 g/mol. The summed E-state index contributed by atoms with van der Waals surface area (Å²) in [6.45, 7) is 1.60. The second kappa shape index (κ2) is 8.75. The molecule has 9 nitrogen and oxygen atoms in total. The fourth-order valence-corrected chi connectivity index (χ4v) is 5.39. The topological polar surface area (TPSA) is 128 Å². The van der Waals surface area contributed by atoms with Crippen LogP contribution in [0.1, 0.15) is 23.0 Å². The molecule has 4 aromatic rings. The summed E-state index contributed by atoms with van der Waals surface area (Å²) in [5.41, 5.74) is 1.64. The van der Waals surface area contributed by atoms with E-state index in [1.54, 1.807) is 35.1 Å². The molecule has 0 saturated heterocycles. The molecule has 1 amide bonds. The zero-order valence-corrected chi connectivity index (χ0v) is 19.2. The van der Waals surface area contributed by atoms with Crippen LogP contribution in [-0.4, -0.2) is 42.9 Å². The van der Waals surface area contributed by atoms with Gasteiger partial charge in [-0.3, -0.25) is 9.78 Å². The molecule has 0 unspecified atom stereocenters. The number of nitrogens with one attached hydrogen (secondary N) is 1. The Labute approximate surface area is 191 Å². The fraction of sp³-hybridized carbons (Fsp3) is 0.136. The minimum absolute atomic E-state index is 0.0488. The van der Waals surface area contributed by atoms with E-state index in [-0.39, 0.29) is 32.9 Å². The lowest BCUT2D eigenvalue weighted by atomic mass is 10.2. The van der Waals surface area contributed by atoms with Gasteiger partial charge in [0.25, 0.3) is 5.91 Å². The molecule has 4 rings (SSSR count). The molecule has 0 aliphatic heterocycles. The molecular formula is C22H20N4O5S2. The molecule has 0 radical (unpaired) electrons. The summed E-state index contributed by atoms with van der Waals surface area (Å²) >= 11 is 0. The van der Waals surface area contributed by atoms with Crippen LogP contribution in [0.25, 0.3) is 5.65 Å². The SMILES string of the molecule is CCS(=O)(=O)c1cccc(S(=O)(=O)c2ccc(CNC(=O)c3ccc4nccn4c3)nc2)c1. The minimum atomic E-state index is -3.96. The van der Waals surface area contributed by atoms with Crippen LogP contribution >= 0.6 is 0 Å². The average molecular weight is 485 g/mol. The van der Waals surface area contributed by atoms with Crippen molar-refractivity contribution in [2.45, 2.75) is 28.2 Å². The van der Waals surface area contributed by atoms with Gasteiger partial charge < -0.3 is 9.72 Å². The van der Waals surface area contributed by atoms with Crippen molar-refractivity contribution in [1.82, 2.24) is 19.7 Å². The Morgan fingerprint density at radius 2 is 1.76 bits per heavy atom. The van der Waals surface area contributed by atoms with Gasteiger partial charge in [-0.1, -0.05) is 13.0 Å². The van der Waals surface area contributed by atoms with Crippen LogP contribution in [0.15, 0.2) is 88.0 Å². The third kappa shape index (κ3) is 4.64. The number of hydrogen-bond donors (Lipinski definition) is 1. The Bertz CT molecular complexity index is 1540. The number of sulfone groups is 2. The first-order chi connectivity index (χ1) is 15.7. The van der Waals surface area contributed by atoms with Gasteiger partial charge in [0.1, 0.15) is 5.65 Å². The third-order valence-corrected chi connectivity index (χ3v) is 8.51. The summed E-state index contributed by atoms with van der Waals surface area (Å²) in [5, 5.41) is 2.74. The first-order valence-corrected chi connectivity index (χ1v) is 13.1. The van der Waals surface area contributed by atoms with Gasteiger partial charge >= 0.3 is 0 Å². The van der Waals surface area contributed by atoms with Crippen molar-refractivity contribution in [1.29, 1.82) is 0 Å². The second-order valence-corrected chi connectivity index (χ2v) is 11.4. The highest BCUT2D eigenvalue weighted by atomic mass is 32.2. The van der Waals surface area contributed by atoms with Crippen LogP contribution in [0, 0.1) is 0 Å². The van der Waals surface area contributed by atoms with Crippen molar-refractivity contribution >= 4 is 31.2 Å². The molecule has 3 aromatic heterocycles. The second-order valence-electron chi connectivity index (χ2n) is 7.16. The van der Waals surface area contributed by atoms with E-state index < -0.39 is 19.7 Å². The highest BCUT2D eigenvalue weighted by molar-refractivity contribution is 7.92. The van der Waals surface area contributed by atoms with E-state index in [2.05, 4.69) is 15.3 Å². The maximum Gasteiger partial charge on any atom is 0.253 e. The van der Waals surface area contributed by atoms with Crippen LogP contribution in [0.4, 0.5) is 0 Å². The number of benzene rings is 1. The zero-order valence-electron chi connectivity index (χ0n) is 17.5. The lowest BCUT2D eigenvalue weighted by Crippen LogP contribution is -2.23. The Kier molecular flexibility index (Phi) is 6.00. The molecular weight excluding hydrogens is 464 g/mol. The Balaban J connectivity index is 1.48. The highest BCUT2D eigenvalue weighted by Gasteiger charge is 2.21. The van der Waals surface area contributed by atoms with Gasteiger partial charge in [0.15, 0.2) is 9.84 Å². The molecule has 0 spiro atoms. The van der Waals surface area contributed by atoms with Crippen LogP contribution in [0.3, 0.4) is 0 Å². The van der Waals surface area contributed by atoms with Crippen LogP contribution in [-0.2, 0) is 26.2 Å². The maximum atomic E-state index is 12.9. The van der Waals surface area contributed by atoms with Gasteiger partial charge in [0.2, 0.25) is 9.84 Å². The summed E-state index contributed by atoms with van der Waals surface area (Å²) in [6, 6.07) is 11.5. The minimum Gasteiger partial charge on any atom is -0.346 e. The van der Waals surface area contributed by atoms with E-state index in [4.69, 9.17) is 0 Å². The van der Waals surface area contributed by atoms with Gasteiger partial charge in [-0.25, -0.2) is 21.8 Å². The lowest BCUT2D eigenvalue weighted by Gasteiger charge is -2.09. The van der Waals surface area contributed by atoms with Crippen LogP contribution in [0.5, 0.6) is 0 Å². The molecule has 1 aromatic carbocycles. The van der Waals surface area contributed by atoms with Gasteiger partial charge in [0.05, 0.1) is 38.2 Å². The van der Waals surface area contributed by atoms with Gasteiger partial charge in [-0.05, 0) is 42.5 Å². The molecule has 0 atom stereocenters. The van der Waals surface area contributed by atoms with Gasteiger partial charge in [0, 0.05) is 24.8 Å². The standard InChI is InChI=1S/C22H20N4O5S2/c1-2-32(28,29)18-4-3-5-19(12-18)33(30,31)20-8-7-17(24-14-20)13-25-22(27)16-6-9-21-23-10-11-26(21)15-16/h3-12,14-15H,2,13H2,1H3,(H,25,27). The third-order valence-electron chi connectivity index (χ3n) is 5.04. The van der Waals surface area contributed by atoms with Gasteiger partial charge in [-0.2, -0.15) is 0 Å². The van der Waals surface area contributed by atoms with E-state index in [9.17, 15) is 21.6 Å². The van der Waals surface area contributed by atoms with Gasteiger partial charge in [-0.15, -0.1) is 0 Å². The molecule has 0 aliphatic rings. The zero-order chi connectivity index (χ0) is 23.6. The summed E-state index contributed by atoms with van der Waals surface area (Å²) in [6.07, 6.45) is 6.22. The molecule has 1 N–H and O–H groups in total. The van der Waals surface area contributed by atoms with E-state index in [0.717, 1.165) is 11.7 Å². The van der Waals surface area contributed by atoms with E-state index in [1.807, 2.05) is 0 Å². The molecule has 11 heteroatoms. The molecule has 33 heavy (non-hydrogen) atoms. The quantitative estimate of drug-likeness (QED) is 0.426. The molecule has 170 valence electrons. The van der Waals surface area contributed by atoms with E-state index >= 15 is 0 Å². The molecule has 3 heterocycles. The molecule has 0 aliphatic carbocycles. The Morgan fingerprint density at radius 3 is 2.48 bits per heavy atom. The largest absolute Gasteiger partial charge is 0.346 e. The number of amides is 1. The number of carbonyl (C=O) groups excluding carboxylic acids is 1. The number of pyridine rings is 2. The molecule has 0 fully saturated rings.